The van der Waals surface area contributed by atoms with Crippen LogP contribution in [0.2, 0.25) is 0 Å². The zero-order chi connectivity index (χ0) is 17.5. The van der Waals surface area contributed by atoms with Gasteiger partial charge in [-0.1, -0.05) is 18.2 Å². The summed E-state index contributed by atoms with van der Waals surface area (Å²) >= 11 is 0. The van der Waals surface area contributed by atoms with E-state index in [1.807, 2.05) is 18.2 Å². The Hall–Kier alpha value is -3.28. The second-order valence-electron chi connectivity index (χ2n) is 6.51. The molecule has 0 radical (unpaired) electrons. The van der Waals surface area contributed by atoms with Gasteiger partial charge in [0.05, 0.1) is 5.52 Å². The molecular weight excluding hydrogens is 329 g/mol. The van der Waals surface area contributed by atoms with Crippen LogP contribution < -0.4 is 5.32 Å². The SMILES string of the molecule is Fc1ccc(-c2ccc3nc(-c4cc[nH]n4)nc(NC4CC4)c3c2)cc1. The summed E-state index contributed by atoms with van der Waals surface area (Å²) in [4.78, 5) is 9.37. The number of fused-ring (bicyclic) bond motifs is 1. The second kappa shape index (κ2) is 5.91. The van der Waals surface area contributed by atoms with E-state index in [0.29, 0.717) is 17.6 Å². The quantitative estimate of drug-likeness (QED) is 0.575. The molecule has 0 spiro atoms. The molecule has 0 unspecified atom stereocenters. The third-order valence-corrected chi connectivity index (χ3v) is 4.52. The Balaban J connectivity index is 1.66. The Bertz CT molecular complexity index is 1070. The van der Waals surface area contributed by atoms with Gasteiger partial charge in [0.25, 0.3) is 0 Å². The number of rotatable bonds is 4. The van der Waals surface area contributed by atoms with Crippen molar-refractivity contribution < 1.29 is 4.39 Å². The number of nitrogens with zero attached hydrogens (tertiary/aromatic N) is 3. The maximum absolute atomic E-state index is 13.2. The number of benzene rings is 2. The fourth-order valence-electron chi connectivity index (χ4n) is 2.98. The van der Waals surface area contributed by atoms with E-state index < -0.39 is 0 Å². The minimum Gasteiger partial charge on any atom is -0.367 e. The van der Waals surface area contributed by atoms with Gasteiger partial charge in [-0.15, -0.1) is 0 Å². The summed E-state index contributed by atoms with van der Waals surface area (Å²) in [6.45, 7) is 0. The van der Waals surface area contributed by atoms with E-state index in [1.165, 1.54) is 12.1 Å². The van der Waals surface area contributed by atoms with Crippen LogP contribution in [0.1, 0.15) is 12.8 Å². The van der Waals surface area contributed by atoms with Gasteiger partial charge in [0.15, 0.2) is 5.82 Å². The molecule has 2 aromatic carbocycles. The Labute approximate surface area is 149 Å². The summed E-state index contributed by atoms with van der Waals surface area (Å²) in [6.07, 6.45) is 4.07. The number of hydrogen-bond donors (Lipinski definition) is 2. The van der Waals surface area contributed by atoms with E-state index in [-0.39, 0.29) is 5.82 Å². The summed E-state index contributed by atoms with van der Waals surface area (Å²) in [5, 5.41) is 11.4. The molecule has 6 heteroatoms. The monoisotopic (exact) mass is 345 g/mol. The molecule has 0 aliphatic heterocycles. The van der Waals surface area contributed by atoms with Gasteiger partial charge in [0, 0.05) is 17.6 Å². The summed E-state index contributed by atoms with van der Waals surface area (Å²) in [5.74, 6) is 1.17. The molecule has 0 bridgehead atoms. The topological polar surface area (TPSA) is 66.5 Å². The molecule has 5 rings (SSSR count). The van der Waals surface area contributed by atoms with Crippen molar-refractivity contribution in [1.29, 1.82) is 0 Å². The van der Waals surface area contributed by atoms with Crippen molar-refractivity contribution in [3.8, 4) is 22.6 Å². The van der Waals surface area contributed by atoms with Crippen LogP contribution in [-0.4, -0.2) is 26.2 Å². The van der Waals surface area contributed by atoms with Crippen LogP contribution >= 0.6 is 0 Å². The van der Waals surface area contributed by atoms with Crippen molar-refractivity contribution in [1.82, 2.24) is 20.2 Å². The van der Waals surface area contributed by atoms with Crippen molar-refractivity contribution in [3.05, 3.63) is 60.5 Å². The maximum Gasteiger partial charge on any atom is 0.182 e. The lowest BCUT2D eigenvalue weighted by atomic mass is 10.0. The molecule has 1 saturated carbocycles. The van der Waals surface area contributed by atoms with Gasteiger partial charge in [0.1, 0.15) is 17.3 Å². The largest absolute Gasteiger partial charge is 0.367 e. The fourth-order valence-corrected chi connectivity index (χ4v) is 2.98. The average Bonchev–Trinajstić information content (AvgIpc) is 3.31. The number of H-pyrrole nitrogens is 1. The summed E-state index contributed by atoms with van der Waals surface area (Å²) in [6, 6.07) is 14.9. The lowest BCUT2D eigenvalue weighted by Gasteiger charge is -2.11. The number of aromatic nitrogens is 4. The molecule has 0 amide bonds. The first kappa shape index (κ1) is 15.0. The number of halogens is 1. The van der Waals surface area contributed by atoms with Gasteiger partial charge in [-0.25, -0.2) is 14.4 Å². The molecule has 26 heavy (non-hydrogen) atoms. The second-order valence-corrected chi connectivity index (χ2v) is 6.51. The molecule has 0 atom stereocenters. The van der Waals surface area contributed by atoms with E-state index >= 15 is 0 Å². The maximum atomic E-state index is 13.2. The summed E-state index contributed by atoms with van der Waals surface area (Å²) in [5.41, 5.74) is 3.54. The zero-order valence-electron chi connectivity index (χ0n) is 13.9. The molecule has 2 aromatic heterocycles. The summed E-state index contributed by atoms with van der Waals surface area (Å²) < 4.78 is 13.2. The highest BCUT2D eigenvalue weighted by atomic mass is 19.1. The molecule has 1 fully saturated rings. The first-order valence-corrected chi connectivity index (χ1v) is 8.61. The number of aromatic amines is 1. The molecule has 1 aliphatic rings. The van der Waals surface area contributed by atoms with Gasteiger partial charge in [-0.2, -0.15) is 5.10 Å². The summed E-state index contributed by atoms with van der Waals surface area (Å²) in [7, 11) is 0. The average molecular weight is 345 g/mol. The van der Waals surface area contributed by atoms with Gasteiger partial charge >= 0.3 is 0 Å². The molecule has 1 aliphatic carbocycles. The Morgan fingerprint density at radius 2 is 1.77 bits per heavy atom. The molecule has 128 valence electrons. The van der Waals surface area contributed by atoms with Gasteiger partial charge in [-0.3, -0.25) is 5.10 Å². The van der Waals surface area contributed by atoms with Crippen molar-refractivity contribution in [2.75, 3.05) is 5.32 Å². The molecule has 2 heterocycles. The van der Waals surface area contributed by atoms with Gasteiger partial charge < -0.3 is 5.32 Å². The van der Waals surface area contributed by atoms with Crippen LogP contribution in [0.3, 0.4) is 0 Å². The number of anilines is 1. The third-order valence-electron chi connectivity index (χ3n) is 4.52. The molecule has 4 aromatic rings. The van der Waals surface area contributed by atoms with Crippen LogP contribution in [0.25, 0.3) is 33.5 Å². The van der Waals surface area contributed by atoms with Gasteiger partial charge in [0.2, 0.25) is 0 Å². The van der Waals surface area contributed by atoms with E-state index in [2.05, 4.69) is 26.6 Å². The van der Waals surface area contributed by atoms with Crippen LogP contribution in [0.4, 0.5) is 10.2 Å². The Kier molecular flexibility index (Phi) is 3.41. The highest BCUT2D eigenvalue weighted by Gasteiger charge is 2.23. The predicted octanol–water partition coefficient (Wildman–Crippen LogP) is 4.40. The van der Waals surface area contributed by atoms with E-state index in [4.69, 9.17) is 4.98 Å². The predicted molar refractivity (Wildman–Crippen MR) is 99.2 cm³/mol. The molecular formula is C20H16FN5. The normalized spacial score (nSPS) is 13.9. The lowest BCUT2D eigenvalue weighted by molar-refractivity contribution is 0.628. The smallest absolute Gasteiger partial charge is 0.182 e. The van der Waals surface area contributed by atoms with Crippen LogP contribution in [0.5, 0.6) is 0 Å². The number of nitrogens with one attached hydrogen (secondary N) is 2. The molecule has 5 nitrogen and oxygen atoms in total. The van der Waals surface area contributed by atoms with Crippen molar-refractivity contribution in [3.63, 3.8) is 0 Å². The lowest BCUT2D eigenvalue weighted by Crippen LogP contribution is -2.06. The Morgan fingerprint density at radius 3 is 2.50 bits per heavy atom. The highest BCUT2D eigenvalue weighted by molar-refractivity contribution is 5.94. The van der Waals surface area contributed by atoms with Crippen molar-refractivity contribution in [2.45, 2.75) is 18.9 Å². The first-order valence-electron chi connectivity index (χ1n) is 8.61. The Morgan fingerprint density at radius 1 is 0.962 bits per heavy atom. The van der Waals surface area contributed by atoms with Crippen molar-refractivity contribution in [2.24, 2.45) is 0 Å². The fraction of sp³-hybridized carbons (Fsp3) is 0.150. The van der Waals surface area contributed by atoms with Crippen LogP contribution in [-0.2, 0) is 0 Å². The van der Waals surface area contributed by atoms with E-state index in [0.717, 1.165) is 40.7 Å². The van der Waals surface area contributed by atoms with E-state index in [9.17, 15) is 4.39 Å². The van der Waals surface area contributed by atoms with Gasteiger partial charge in [-0.05, 0) is 54.3 Å². The molecule has 2 N–H and O–H groups in total. The van der Waals surface area contributed by atoms with Crippen LogP contribution in [0.15, 0.2) is 54.7 Å². The van der Waals surface area contributed by atoms with E-state index in [1.54, 1.807) is 18.3 Å². The minimum atomic E-state index is -0.238. The number of hydrogen-bond acceptors (Lipinski definition) is 4. The molecule has 0 saturated heterocycles. The zero-order valence-corrected chi connectivity index (χ0v) is 13.9. The first-order chi connectivity index (χ1) is 12.8. The standard InChI is InChI=1S/C20H16FN5/c21-14-4-1-12(2-5-14)13-3-8-17-16(11-13)19(23-15-6-7-15)25-20(24-17)18-9-10-22-26-18/h1-5,8-11,15H,6-7H2,(H,22,26)(H,23,24,25). The third kappa shape index (κ3) is 2.79. The van der Waals surface area contributed by atoms with Crippen molar-refractivity contribution >= 4 is 16.7 Å². The highest BCUT2D eigenvalue weighted by Crippen LogP contribution is 2.32. The van der Waals surface area contributed by atoms with Crippen LogP contribution in [0, 0.1) is 5.82 Å². The minimum absolute atomic E-state index is 0.238.